The number of thiophene rings is 1. The van der Waals surface area contributed by atoms with Gasteiger partial charge in [0, 0.05) is 10.9 Å². The third-order valence-electron chi connectivity index (χ3n) is 5.17. The van der Waals surface area contributed by atoms with Gasteiger partial charge in [-0.3, -0.25) is 9.59 Å². The van der Waals surface area contributed by atoms with Crippen LogP contribution < -0.4 is 15.7 Å². The lowest BCUT2D eigenvalue weighted by Crippen LogP contribution is -2.20. The van der Waals surface area contributed by atoms with Gasteiger partial charge in [0.1, 0.15) is 10.6 Å². The number of nitrogens with one attached hydrogen (secondary N) is 2. The monoisotopic (exact) mass is 492 g/mol. The van der Waals surface area contributed by atoms with Crippen molar-refractivity contribution in [2.24, 2.45) is 5.10 Å². The largest absolute Gasteiger partial charge is 0.497 e. The van der Waals surface area contributed by atoms with E-state index < -0.39 is 0 Å². The highest BCUT2D eigenvalue weighted by atomic mass is 32.2. The molecule has 2 aromatic carbocycles. The van der Waals surface area contributed by atoms with Crippen molar-refractivity contribution in [2.45, 2.75) is 24.9 Å². The van der Waals surface area contributed by atoms with Crippen LogP contribution in [0.15, 0.2) is 69.0 Å². The Balaban J connectivity index is 1.40. The first kappa shape index (κ1) is 23.7. The minimum absolute atomic E-state index is 0.0727. The molecule has 0 radical (unpaired) electrons. The Bertz CT molecular complexity index is 1370. The maximum Gasteiger partial charge on any atom is 0.260 e. The molecule has 0 saturated heterocycles. The Morgan fingerprint density at radius 1 is 1.21 bits per heavy atom. The molecule has 174 valence electrons. The van der Waals surface area contributed by atoms with E-state index in [2.05, 4.69) is 46.5 Å². The minimum atomic E-state index is -0.297. The van der Waals surface area contributed by atoms with Crippen molar-refractivity contribution in [3.05, 3.63) is 75.4 Å². The van der Waals surface area contributed by atoms with Crippen molar-refractivity contribution in [1.82, 2.24) is 15.4 Å². The molecule has 0 bridgehead atoms. The predicted octanol–water partition coefficient (Wildman–Crippen LogP) is 5.03. The predicted molar refractivity (Wildman–Crippen MR) is 139 cm³/mol. The number of thioether (sulfide) groups is 1. The van der Waals surface area contributed by atoms with Crippen LogP contribution in [0.25, 0.3) is 21.3 Å². The van der Waals surface area contributed by atoms with E-state index in [0.717, 1.165) is 34.2 Å². The number of rotatable bonds is 8. The normalized spacial score (nSPS) is 11.4. The molecule has 2 heterocycles. The minimum Gasteiger partial charge on any atom is -0.497 e. The molecular formula is C25H24N4O3S2. The highest BCUT2D eigenvalue weighted by molar-refractivity contribution is 7.99. The van der Waals surface area contributed by atoms with Gasteiger partial charge in [0.05, 0.1) is 24.5 Å². The summed E-state index contributed by atoms with van der Waals surface area (Å²) in [6.45, 7) is 4.30. The van der Waals surface area contributed by atoms with Crippen LogP contribution in [0.5, 0.6) is 5.75 Å². The van der Waals surface area contributed by atoms with E-state index in [-0.39, 0.29) is 17.2 Å². The number of fused-ring (bicyclic) bond motifs is 1. The Morgan fingerprint density at radius 2 is 1.94 bits per heavy atom. The number of aromatic nitrogens is 2. The van der Waals surface area contributed by atoms with Crippen LogP contribution >= 0.6 is 23.1 Å². The number of methoxy groups -OCH3 is 1. The van der Waals surface area contributed by atoms with Crippen molar-refractivity contribution in [2.75, 3.05) is 12.9 Å². The van der Waals surface area contributed by atoms with Crippen LogP contribution in [0.4, 0.5) is 0 Å². The number of hydrogen-bond donors (Lipinski definition) is 2. The second kappa shape index (κ2) is 10.7. The lowest BCUT2D eigenvalue weighted by Gasteiger charge is -2.06. The number of carbonyl (C=O) groups is 1. The van der Waals surface area contributed by atoms with Crippen LogP contribution in [0.2, 0.25) is 0 Å². The number of nitrogens with zero attached hydrogens (tertiary/aromatic N) is 2. The molecule has 9 heteroatoms. The molecule has 0 aliphatic rings. The Labute approximate surface area is 205 Å². The van der Waals surface area contributed by atoms with Crippen LogP contribution in [-0.4, -0.2) is 35.0 Å². The van der Waals surface area contributed by atoms with Gasteiger partial charge in [0.15, 0.2) is 5.16 Å². The van der Waals surface area contributed by atoms with E-state index in [1.54, 1.807) is 13.3 Å². The Morgan fingerprint density at radius 3 is 2.62 bits per heavy atom. The van der Waals surface area contributed by atoms with Gasteiger partial charge in [-0.2, -0.15) is 5.10 Å². The molecular weight excluding hydrogens is 468 g/mol. The van der Waals surface area contributed by atoms with Crippen molar-refractivity contribution >= 4 is 45.4 Å². The third kappa shape index (κ3) is 5.55. The lowest BCUT2D eigenvalue weighted by atomic mass is 9.99. The molecule has 4 aromatic rings. The maximum absolute atomic E-state index is 12.8. The SMILES string of the molecule is COc1ccc(/C=N/NC(=O)CSc2nc3scc(-c4ccc(C(C)C)cc4)c3c(=O)[nH]2)cc1. The summed E-state index contributed by atoms with van der Waals surface area (Å²) >= 11 is 2.57. The van der Waals surface area contributed by atoms with Crippen LogP contribution in [0.1, 0.15) is 30.9 Å². The van der Waals surface area contributed by atoms with Gasteiger partial charge < -0.3 is 9.72 Å². The topological polar surface area (TPSA) is 96.4 Å². The number of benzene rings is 2. The summed E-state index contributed by atoms with van der Waals surface area (Å²) in [6.07, 6.45) is 1.55. The van der Waals surface area contributed by atoms with E-state index in [0.29, 0.717) is 21.3 Å². The summed E-state index contributed by atoms with van der Waals surface area (Å²) in [5.41, 5.74) is 6.20. The molecule has 34 heavy (non-hydrogen) atoms. The van der Waals surface area contributed by atoms with E-state index in [1.807, 2.05) is 41.8 Å². The maximum atomic E-state index is 12.8. The number of H-pyrrole nitrogens is 1. The van der Waals surface area contributed by atoms with E-state index in [4.69, 9.17) is 4.74 Å². The lowest BCUT2D eigenvalue weighted by molar-refractivity contribution is -0.118. The molecule has 0 unspecified atom stereocenters. The fourth-order valence-electron chi connectivity index (χ4n) is 3.29. The molecule has 7 nitrogen and oxygen atoms in total. The summed E-state index contributed by atoms with van der Waals surface area (Å²) < 4.78 is 5.11. The summed E-state index contributed by atoms with van der Waals surface area (Å²) in [5.74, 6) is 0.972. The molecule has 2 aromatic heterocycles. The summed E-state index contributed by atoms with van der Waals surface area (Å²) in [6, 6.07) is 15.5. The fourth-order valence-corrected chi connectivity index (χ4v) is 4.95. The molecule has 0 aliphatic carbocycles. The molecule has 0 aliphatic heterocycles. The van der Waals surface area contributed by atoms with E-state index >= 15 is 0 Å². The van der Waals surface area contributed by atoms with Gasteiger partial charge in [0.2, 0.25) is 0 Å². The fraction of sp³-hybridized carbons (Fsp3) is 0.200. The third-order valence-corrected chi connectivity index (χ3v) is 6.91. The van der Waals surface area contributed by atoms with Gasteiger partial charge in [-0.25, -0.2) is 10.4 Å². The second-order valence-electron chi connectivity index (χ2n) is 7.83. The number of ether oxygens (including phenoxy) is 1. The second-order valence-corrected chi connectivity index (χ2v) is 9.65. The zero-order valence-electron chi connectivity index (χ0n) is 19.0. The number of hydrogen-bond acceptors (Lipinski definition) is 7. The first-order chi connectivity index (χ1) is 16.4. The smallest absolute Gasteiger partial charge is 0.260 e. The first-order valence-electron chi connectivity index (χ1n) is 10.6. The number of amides is 1. The van der Waals surface area contributed by atoms with Crippen LogP contribution in [0, 0.1) is 0 Å². The van der Waals surface area contributed by atoms with Gasteiger partial charge in [-0.1, -0.05) is 49.9 Å². The Hall–Kier alpha value is -3.43. The van der Waals surface area contributed by atoms with Gasteiger partial charge in [-0.05, 0) is 46.9 Å². The van der Waals surface area contributed by atoms with Crippen LogP contribution in [-0.2, 0) is 4.79 Å². The number of hydrazone groups is 1. The van der Waals surface area contributed by atoms with Crippen molar-refractivity contribution in [1.29, 1.82) is 0 Å². The Kier molecular flexibility index (Phi) is 7.44. The quantitative estimate of drug-likeness (QED) is 0.156. The summed E-state index contributed by atoms with van der Waals surface area (Å²) in [5, 5.41) is 6.88. The first-order valence-corrected chi connectivity index (χ1v) is 12.5. The molecule has 0 saturated carbocycles. The molecule has 0 spiro atoms. The molecule has 0 atom stereocenters. The van der Waals surface area contributed by atoms with Crippen molar-refractivity contribution in [3.63, 3.8) is 0 Å². The van der Waals surface area contributed by atoms with Crippen molar-refractivity contribution < 1.29 is 9.53 Å². The average molecular weight is 493 g/mol. The van der Waals surface area contributed by atoms with E-state index in [9.17, 15) is 9.59 Å². The molecule has 2 N–H and O–H groups in total. The molecule has 1 amide bonds. The highest BCUT2D eigenvalue weighted by Gasteiger charge is 2.14. The van der Waals surface area contributed by atoms with Crippen molar-refractivity contribution in [3.8, 4) is 16.9 Å². The van der Waals surface area contributed by atoms with Crippen LogP contribution in [0.3, 0.4) is 0 Å². The average Bonchev–Trinajstić information content (AvgIpc) is 3.28. The number of aromatic amines is 1. The molecule has 0 fully saturated rings. The van der Waals surface area contributed by atoms with Gasteiger partial charge >= 0.3 is 0 Å². The summed E-state index contributed by atoms with van der Waals surface area (Å²) in [7, 11) is 1.60. The van der Waals surface area contributed by atoms with E-state index in [1.165, 1.54) is 16.9 Å². The van der Waals surface area contributed by atoms with Gasteiger partial charge in [-0.15, -0.1) is 11.3 Å². The zero-order valence-corrected chi connectivity index (χ0v) is 20.6. The molecule has 4 rings (SSSR count). The standard InChI is InChI=1S/C25H24N4O3S2/c1-15(2)17-6-8-18(9-7-17)20-13-33-24-22(20)23(31)27-25(28-24)34-14-21(30)29-26-12-16-4-10-19(32-3)11-5-16/h4-13,15H,14H2,1-3H3,(H,29,30)(H,27,28,31)/b26-12+. The van der Waals surface area contributed by atoms with Gasteiger partial charge in [0.25, 0.3) is 11.5 Å². The number of carbonyl (C=O) groups excluding carboxylic acids is 1. The zero-order chi connectivity index (χ0) is 24.1. The highest BCUT2D eigenvalue weighted by Crippen LogP contribution is 2.32. The summed E-state index contributed by atoms with van der Waals surface area (Å²) in [4.78, 5) is 32.9.